The molecule has 9 nitrogen and oxygen atoms in total. The maximum absolute atomic E-state index is 13.4. The van der Waals surface area contributed by atoms with Crippen molar-refractivity contribution in [1.82, 2.24) is 34.5 Å². The van der Waals surface area contributed by atoms with E-state index in [1.165, 1.54) is 11.1 Å². The van der Waals surface area contributed by atoms with E-state index in [4.69, 9.17) is 4.98 Å². The van der Waals surface area contributed by atoms with Crippen LogP contribution in [0.15, 0.2) is 47.5 Å². The molecule has 1 aliphatic heterocycles. The average molecular weight is 487 g/mol. The zero-order chi connectivity index (χ0) is 25.2. The van der Waals surface area contributed by atoms with Crippen molar-refractivity contribution in [2.24, 2.45) is 0 Å². The molecule has 0 unspecified atom stereocenters. The van der Waals surface area contributed by atoms with Gasteiger partial charge >= 0.3 is 0 Å². The second-order valence-electron chi connectivity index (χ2n) is 9.49. The van der Waals surface area contributed by atoms with E-state index in [9.17, 15) is 4.79 Å². The summed E-state index contributed by atoms with van der Waals surface area (Å²) in [6, 6.07) is 10.3. The van der Waals surface area contributed by atoms with E-state index in [1.807, 2.05) is 30.7 Å². The highest BCUT2D eigenvalue weighted by Gasteiger charge is 2.20. The maximum atomic E-state index is 13.4. The van der Waals surface area contributed by atoms with Gasteiger partial charge in [0.25, 0.3) is 5.56 Å². The predicted octanol–water partition coefficient (Wildman–Crippen LogP) is 3.79. The Kier molecular flexibility index (Phi) is 6.84. The average Bonchev–Trinajstić information content (AvgIpc) is 3.19. The number of anilines is 2. The van der Waals surface area contributed by atoms with Gasteiger partial charge in [0.05, 0.1) is 11.4 Å². The minimum absolute atomic E-state index is 0.0596. The minimum atomic E-state index is -0.103. The molecule has 188 valence electrons. The van der Waals surface area contributed by atoms with E-state index >= 15 is 0 Å². The van der Waals surface area contributed by atoms with Gasteiger partial charge < -0.3 is 10.6 Å². The van der Waals surface area contributed by atoms with Gasteiger partial charge in [-0.3, -0.25) is 14.7 Å². The lowest BCUT2D eigenvalue weighted by Gasteiger charge is -2.19. The molecule has 1 aromatic carbocycles. The molecule has 0 bridgehead atoms. The van der Waals surface area contributed by atoms with Gasteiger partial charge in [-0.15, -0.1) is 0 Å². The molecule has 5 rings (SSSR count). The van der Waals surface area contributed by atoms with Crippen molar-refractivity contribution in [2.45, 2.75) is 53.2 Å². The third-order valence-electron chi connectivity index (χ3n) is 6.79. The van der Waals surface area contributed by atoms with Crippen molar-refractivity contribution in [3.63, 3.8) is 0 Å². The molecule has 4 heterocycles. The van der Waals surface area contributed by atoms with Gasteiger partial charge in [-0.05, 0) is 75.3 Å². The fourth-order valence-electron chi connectivity index (χ4n) is 4.82. The van der Waals surface area contributed by atoms with Gasteiger partial charge in [-0.1, -0.05) is 19.9 Å². The van der Waals surface area contributed by atoms with Crippen molar-refractivity contribution < 1.29 is 0 Å². The summed E-state index contributed by atoms with van der Waals surface area (Å²) < 4.78 is 3.64. The van der Waals surface area contributed by atoms with E-state index in [2.05, 4.69) is 57.5 Å². The van der Waals surface area contributed by atoms with Crippen LogP contribution < -0.4 is 16.2 Å². The zero-order valence-electron chi connectivity index (χ0n) is 21.5. The molecule has 36 heavy (non-hydrogen) atoms. The molecule has 0 atom stereocenters. The number of fused-ring (bicyclic) bond motifs is 2. The summed E-state index contributed by atoms with van der Waals surface area (Å²) in [5.74, 6) is 0.457. The van der Waals surface area contributed by atoms with E-state index in [0.717, 1.165) is 56.2 Å². The van der Waals surface area contributed by atoms with E-state index in [-0.39, 0.29) is 11.6 Å². The molecule has 0 saturated carbocycles. The largest absolute Gasteiger partial charge is 0.324 e. The smallest absolute Gasteiger partial charge is 0.278 e. The number of hydrogen-bond donors (Lipinski definition) is 2. The lowest BCUT2D eigenvalue weighted by molar-refractivity contribution is 0.292. The SMILES string of the molecule is CCN(CC)Cc1cc(-n2c3nc(Nc4ccc5c(c4)CNCC5)ncc3c(=O)n2C(C)C)ccn1. The van der Waals surface area contributed by atoms with E-state index in [1.54, 1.807) is 17.1 Å². The molecule has 0 aliphatic carbocycles. The number of pyridine rings is 1. The van der Waals surface area contributed by atoms with Gasteiger partial charge in [0.1, 0.15) is 5.39 Å². The van der Waals surface area contributed by atoms with Crippen LogP contribution in [-0.4, -0.2) is 48.8 Å². The van der Waals surface area contributed by atoms with Gasteiger partial charge in [0, 0.05) is 37.2 Å². The Hall–Kier alpha value is -3.56. The van der Waals surface area contributed by atoms with E-state index < -0.39 is 0 Å². The summed E-state index contributed by atoms with van der Waals surface area (Å²) in [5.41, 5.74) is 5.87. The summed E-state index contributed by atoms with van der Waals surface area (Å²) in [6.07, 6.45) is 4.46. The Balaban J connectivity index is 1.57. The molecule has 0 radical (unpaired) electrons. The van der Waals surface area contributed by atoms with Crippen LogP contribution in [0.4, 0.5) is 11.6 Å². The summed E-state index contributed by atoms with van der Waals surface area (Å²) in [4.78, 5) is 29.5. The lowest BCUT2D eigenvalue weighted by Crippen LogP contribution is -2.25. The van der Waals surface area contributed by atoms with Crippen LogP contribution in [0.3, 0.4) is 0 Å². The summed E-state index contributed by atoms with van der Waals surface area (Å²) in [6.45, 7) is 12.8. The normalized spacial score (nSPS) is 13.5. The topological polar surface area (TPSA) is 92.9 Å². The number of aromatic nitrogens is 5. The first-order chi connectivity index (χ1) is 17.5. The number of nitrogens with one attached hydrogen (secondary N) is 2. The van der Waals surface area contributed by atoms with Crippen LogP contribution in [0.5, 0.6) is 0 Å². The van der Waals surface area contributed by atoms with Crippen LogP contribution in [0.2, 0.25) is 0 Å². The molecule has 1 aliphatic rings. The summed E-state index contributed by atoms with van der Waals surface area (Å²) in [5, 5.41) is 7.25. The highest BCUT2D eigenvalue weighted by atomic mass is 16.1. The monoisotopic (exact) mass is 486 g/mol. The van der Waals surface area contributed by atoms with Crippen molar-refractivity contribution in [2.75, 3.05) is 25.0 Å². The van der Waals surface area contributed by atoms with Crippen LogP contribution in [-0.2, 0) is 19.5 Å². The molecular weight excluding hydrogens is 452 g/mol. The van der Waals surface area contributed by atoms with Crippen molar-refractivity contribution in [3.8, 4) is 5.69 Å². The second kappa shape index (κ2) is 10.2. The predicted molar refractivity (Wildman–Crippen MR) is 143 cm³/mol. The van der Waals surface area contributed by atoms with Crippen LogP contribution >= 0.6 is 0 Å². The summed E-state index contributed by atoms with van der Waals surface area (Å²) >= 11 is 0. The Labute approximate surface area is 211 Å². The number of nitrogens with zero attached hydrogens (tertiary/aromatic N) is 6. The fourth-order valence-corrected chi connectivity index (χ4v) is 4.82. The Morgan fingerprint density at radius 1 is 1.11 bits per heavy atom. The quantitative estimate of drug-likeness (QED) is 0.391. The van der Waals surface area contributed by atoms with Gasteiger partial charge in [0.2, 0.25) is 5.95 Å². The minimum Gasteiger partial charge on any atom is -0.324 e. The molecule has 0 amide bonds. The third kappa shape index (κ3) is 4.64. The van der Waals surface area contributed by atoms with Crippen LogP contribution in [0.25, 0.3) is 16.7 Å². The zero-order valence-corrected chi connectivity index (χ0v) is 21.5. The molecule has 0 spiro atoms. The second-order valence-corrected chi connectivity index (χ2v) is 9.49. The van der Waals surface area contributed by atoms with Crippen molar-refractivity contribution in [1.29, 1.82) is 0 Å². The Morgan fingerprint density at radius 3 is 2.72 bits per heavy atom. The van der Waals surface area contributed by atoms with E-state index in [0.29, 0.717) is 17.0 Å². The van der Waals surface area contributed by atoms with Crippen molar-refractivity contribution in [3.05, 3.63) is 69.9 Å². The van der Waals surface area contributed by atoms with Crippen molar-refractivity contribution >= 4 is 22.7 Å². The first-order valence-electron chi connectivity index (χ1n) is 12.8. The third-order valence-corrected chi connectivity index (χ3v) is 6.79. The van der Waals surface area contributed by atoms with Gasteiger partial charge in [-0.2, -0.15) is 4.98 Å². The first kappa shape index (κ1) is 24.1. The van der Waals surface area contributed by atoms with Crippen LogP contribution in [0, 0.1) is 0 Å². The number of hydrogen-bond acceptors (Lipinski definition) is 7. The lowest BCUT2D eigenvalue weighted by atomic mass is 10.0. The molecule has 4 aromatic rings. The molecular formula is C27H34N8O. The first-order valence-corrected chi connectivity index (χ1v) is 12.8. The Morgan fingerprint density at radius 2 is 1.94 bits per heavy atom. The number of benzene rings is 1. The van der Waals surface area contributed by atoms with Gasteiger partial charge in [-0.25, -0.2) is 14.3 Å². The Bertz CT molecular complexity index is 1430. The van der Waals surface area contributed by atoms with Crippen LogP contribution in [0.1, 0.15) is 50.6 Å². The molecule has 0 fully saturated rings. The highest BCUT2D eigenvalue weighted by molar-refractivity contribution is 5.77. The molecule has 9 heteroatoms. The molecule has 0 saturated heterocycles. The van der Waals surface area contributed by atoms with Gasteiger partial charge in [0.15, 0.2) is 5.65 Å². The number of rotatable bonds is 8. The summed E-state index contributed by atoms with van der Waals surface area (Å²) in [7, 11) is 0. The highest BCUT2D eigenvalue weighted by Crippen LogP contribution is 2.23. The standard InChI is InChI=1S/C27H34N8O/c1-5-33(6-2)17-22-14-23(10-12-29-22)35-25-24(26(36)34(35)18(3)4)16-30-27(32-25)31-21-8-7-19-9-11-28-15-20(19)13-21/h7-8,10,12-14,16,18,28H,5-6,9,11,15,17H2,1-4H3,(H,30,31,32). The maximum Gasteiger partial charge on any atom is 0.278 e. The molecule has 2 N–H and O–H groups in total. The fraction of sp³-hybridized carbons (Fsp3) is 0.407. The molecule has 3 aromatic heterocycles.